The zero-order valence-corrected chi connectivity index (χ0v) is 23.3. The number of benzene rings is 3. The Morgan fingerprint density at radius 1 is 0.944 bits per heavy atom. The first kappa shape index (κ1) is 27.9. The van der Waals surface area contributed by atoms with Crippen LogP contribution in [0.25, 0.3) is 11.1 Å². The molecule has 0 heterocycles. The molecular formula is C28H35ClN4O2S. The van der Waals surface area contributed by atoms with Crippen molar-refractivity contribution in [1.82, 2.24) is 4.90 Å². The molecule has 0 aromatic heterocycles. The van der Waals surface area contributed by atoms with Gasteiger partial charge in [-0.25, -0.2) is 14.1 Å². The summed E-state index contributed by atoms with van der Waals surface area (Å²) in [7, 11) is 0.532. The van der Waals surface area contributed by atoms with Gasteiger partial charge >= 0.3 is 6.03 Å². The second-order valence-electron chi connectivity index (χ2n) is 9.82. The van der Waals surface area contributed by atoms with E-state index >= 15 is 0 Å². The Morgan fingerprint density at radius 2 is 1.47 bits per heavy atom. The smallest absolute Gasteiger partial charge is 0.305 e. The standard InChI is InChI=1S/C28H35ClN4O2S/c1-18(2)25-15-22(21-9-11-23(29)12-10-21)16-26(19(3)4)27(25)31-28(34)32-36(30,35)24-13-7-20(8-14-24)17-33(5)6/h7-16,18-19H,17H2,1-6H3,(H3,30,31,32,34,35). The Balaban J connectivity index is 1.99. The van der Waals surface area contributed by atoms with Crippen molar-refractivity contribution < 1.29 is 9.00 Å². The average molecular weight is 527 g/mol. The van der Waals surface area contributed by atoms with Crippen LogP contribution in [0, 0.1) is 0 Å². The highest BCUT2D eigenvalue weighted by Crippen LogP contribution is 2.37. The number of rotatable bonds is 7. The predicted octanol–water partition coefficient (Wildman–Crippen LogP) is 7.25. The molecular weight excluding hydrogens is 492 g/mol. The number of nitrogens with one attached hydrogen (secondary N) is 1. The molecule has 0 spiro atoms. The van der Waals surface area contributed by atoms with Crippen LogP contribution in [0.5, 0.6) is 0 Å². The van der Waals surface area contributed by atoms with Crippen molar-refractivity contribution in [2.75, 3.05) is 19.4 Å². The van der Waals surface area contributed by atoms with E-state index in [-0.39, 0.29) is 11.8 Å². The SMILES string of the molecule is CC(C)c1cc(-c2ccc(Cl)cc2)cc(C(C)C)c1NC(=O)N=S(N)(=O)c1ccc(CN(C)C)cc1. The van der Waals surface area contributed by atoms with Gasteiger partial charge in [0, 0.05) is 17.3 Å². The van der Waals surface area contributed by atoms with Crippen molar-refractivity contribution in [3.05, 3.63) is 82.4 Å². The van der Waals surface area contributed by atoms with E-state index in [0.29, 0.717) is 15.6 Å². The van der Waals surface area contributed by atoms with Gasteiger partial charge < -0.3 is 10.2 Å². The van der Waals surface area contributed by atoms with E-state index < -0.39 is 15.9 Å². The molecule has 0 saturated heterocycles. The zero-order chi connectivity index (χ0) is 26.6. The third-order valence-corrected chi connectivity index (χ3v) is 7.47. The van der Waals surface area contributed by atoms with Gasteiger partial charge in [0.2, 0.25) is 0 Å². The normalized spacial score (nSPS) is 13.2. The summed E-state index contributed by atoms with van der Waals surface area (Å²) < 4.78 is 17.0. The molecule has 2 amide bonds. The number of nitrogens with two attached hydrogens (primary N) is 1. The average Bonchev–Trinajstić information content (AvgIpc) is 2.79. The fourth-order valence-corrected chi connectivity index (χ4v) is 5.06. The Kier molecular flexibility index (Phi) is 8.95. The van der Waals surface area contributed by atoms with Crippen LogP contribution in [-0.4, -0.2) is 29.2 Å². The number of anilines is 1. The minimum atomic E-state index is -3.41. The van der Waals surface area contributed by atoms with E-state index in [9.17, 15) is 9.00 Å². The van der Waals surface area contributed by atoms with E-state index in [2.05, 4.69) is 49.5 Å². The van der Waals surface area contributed by atoms with Gasteiger partial charge in [0.25, 0.3) is 0 Å². The van der Waals surface area contributed by atoms with Gasteiger partial charge in [0.1, 0.15) is 9.92 Å². The van der Waals surface area contributed by atoms with Gasteiger partial charge in [0.15, 0.2) is 0 Å². The molecule has 6 nitrogen and oxygen atoms in total. The molecule has 3 aromatic carbocycles. The third kappa shape index (κ3) is 6.95. The lowest BCUT2D eigenvalue weighted by Gasteiger charge is -2.22. The summed E-state index contributed by atoms with van der Waals surface area (Å²) in [5, 5.41) is 9.61. The highest BCUT2D eigenvalue weighted by Gasteiger charge is 2.20. The maximum Gasteiger partial charge on any atom is 0.354 e. The van der Waals surface area contributed by atoms with Gasteiger partial charge in [-0.15, -0.1) is 4.36 Å². The van der Waals surface area contributed by atoms with Crippen molar-refractivity contribution in [2.24, 2.45) is 9.50 Å². The number of amides is 2. The molecule has 3 rings (SSSR count). The second kappa shape index (κ2) is 11.6. The van der Waals surface area contributed by atoms with Crippen LogP contribution >= 0.6 is 11.6 Å². The highest BCUT2D eigenvalue weighted by atomic mass is 35.5. The van der Waals surface area contributed by atoms with Crippen LogP contribution in [0.2, 0.25) is 5.02 Å². The summed E-state index contributed by atoms with van der Waals surface area (Å²) in [5.74, 6) is 0.244. The molecule has 36 heavy (non-hydrogen) atoms. The highest BCUT2D eigenvalue weighted by molar-refractivity contribution is 7.91. The third-order valence-electron chi connectivity index (χ3n) is 5.83. The van der Waals surface area contributed by atoms with Crippen LogP contribution in [0.1, 0.15) is 56.2 Å². The molecule has 0 aliphatic heterocycles. The van der Waals surface area contributed by atoms with Crippen LogP contribution in [-0.2, 0) is 16.5 Å². The fourth-order valence-electron chi connectivity index (χ4n) is 4.01. The lowest BCUT2D eigenvalue weighted by molar-refractivity contribution is 0.260. The topological polar surface area (TPSA) is 87.8 Å². The molecule has 1 unspecified atom stereocenters. The minimum Gasteiger partial charge on any atom is -0.305 e. The van der Waals surface area contributed by atoms with E-state index in [0.717, 1.165) is 34.4 Å². The number of urea groups is 1. The molecule has 192 valence electrons. The van der Waals surface area contributed by atoms with Crippen molar-refractivity contribution >= 4 is 33.2 Å². The summed E-state index contributed by atoms with van der Waals surface area (Å²) in [6.45, 7) is 9.02. The Bertz CT molecular complexity index is 1310. The summed E-state index contributed by atoms with van der Waals surface area (Å²) in [5.41, 5.74) is 5.73. The number of hydrogen-bond acceptors (Lipinski definition) is 3. The first-order chi connectivity index (χ1) is 16.9. The summed E-state index contributed by atoms with van der Waals surface area (Å²) in [6.07, 6.45) is 0. The molecule has 0 fully saturated rings. The molecule has 0 bridgehead atoms. The molecule has 1 atom stereocenters. The molecule has 0 radical (unpaired) electrons. The van der Waals surface area contributed by atoms with Crippen molar-refractivity contribution in [3.8, 4) is 11.1 Å². The maximum atomic E-state index is 13.2. The maximum absolute atomic E-state index is 13.2. The summed E-state index contributed by atoms with van der Waals surface area (Å²) >= 11 is 6.08. The van der Waals surface area contributed by atoms with Crippen molar-refractivity contribution in [2.45, 2.75) is 51.0 Å². The molecule has 0 saturated carbocycles. The summed E-state index contributed by atoms with van der Waals surface area (Å²) in [6, 6.07) is 18.1. The van der Waals surface area contributed by atoms with Crippen LogP contribution in [0.3, 0.4) is 0 Å². The number of hydrogen-bond donors (Lipinski definition) is 2. The monoisotopic (exact) mass is 526 g/mol. The predicted molar refractivity (Wildman–Crippen MR) is 151 cm³/mol. The Labute approximate surface area is 220 Å². The van der Waals surface area contributed by atoms with Gasteiger partial charge in [-0.05, 0) is 90.1 Å². The van der Waals surface area contributed by atoms with Gasteiger partial charge in [-0.3, -0.25) is 0 Å². The number of carbonyl (C=O) groups is 1. The lowest BCUT2D eigenvalue weighted by atomic mass is 9.88. The molecule has 3 N–H and O–H groups in total. The number of halogens is 1. The quantitative estimate of drug-likeness (QED) is 0.340. The van der Waals surface area contributed by atoms with Crippen LogP contribution < -0.4 is 10.5 Å². The minimum absolute atomic E-state index is 0.122. The van der Waals surface area contributed by atoms with E-state index in [1.165, 1.54) is 0 Å². The molecule has 0 aliphatic rings. The largest absolute Gasteiger partial charge is 0.354 e. The summed E-state index contributed by atoms with van der Waals surface area (Å²) in [4.78, 5) is 15.3. The lowest BCUT2D eigenvalue weighted by Crippen LogP contribution is -2.19. The molecule has 3 aromatic rings. The first-order valence-corrected chi connectivity index (χ1v) is 13.9. The number of carbonyl (C=O) groups excluding carboxylic acids is 1. The first-order valence-electron chi connectivity index (χ1n) is 11.9. The van der Waals surface area contributed by atoms with Gasteiger partial charge in [0.05, 0.1) is 4.90 Å². The van der Waals surface area contributed by atoms with E-state index in [1.807, 2.05) is 55.4 Å². The number of nitrogens with zero attached hydrogens (tertiary/aromatic N) is 2. The van der Waals surface area contributed by atoms with Gasteiger partial charge in [-0.2, -0.15) is 0 Å². The van der Waals surface area contributed by atoms with E-state index in [1.54, 1.807) is 12.1 Å². The molecule has 8 heteroatoms. The Hall–Kier alpha value is -2.71. The zero-order valence-electron chi connectivity index (χ0n) is 21.7. The van der Waals surface area contributed by atoms with Gasteiger partial charge in [-0.1, -0.05) is 63.6 Å². The molecule has 0 aliphatic carbocycles. The fraction of sp³-hybridized carbons (Fsp3) is 0.321. The van der Waals surface area contributed by atoms with E-state index in [4.69, 9.17) is 16.7 Å². The van der Waals surface area contributed by atoms with Crippen molar-refractivity contribution in [1.29, 1.82) is 0 Å². The Morgan fingerprint density at radius 3 is 1.94 bits per heavy atom. The van der Waals surface area contributed by atoms with Crippen LogP contribution in [0.15, 0.2) is 69.9 Å². The van der Waals surface area contributed by atoms with Crippen LogP contribution in [0.4, 0.5) is 10.5 Å². The van der Waals surface area contributed by atoms with Crippen molar-refractivity contribution in [3.63, 3.8) is 0 Å². The second-order valence-corrected chi connectivity index (χ2v) is 12.0.